The van der Waals surface area contributed by atoms with E-state index in [-0.39, 0.29) is 6.03 Å². The lowest BCUT2D eigenvalue weighted by molar-refractivity contribution is 0.251. The van der Waals surface area contributed by atoms with E-state index in [2.05, 4.69) is 20.3 Å². The van der Waals surface area contributed by atoms with Gasteiger partial charge in [0.15, 0.2) is 0 Å². The number of hydrogen-bond donors (Lipinski definition) is 3. The summed E-state index contributed by atoms with van der Waals surface area (Å²) >= 11 is 0. The first kappa shape index (κ1) is 11.0. The highest BCUT2D eigenvalue weighted by Gasteiger charge is 2.03. The highest BCUT2D eigenvalue weighted by atomic mass is 16.5. The van der Waals surface area contributed by atoms with Crippen molar-refractivity contribution in [1.29, 1.82) is 0 Å². The number of amides is 2. The van der Waals surface area contributed by atoms with Crippen LogP contribution in [-0.4, -0.2) is 11.2 Å². The second-order valence-electron chi connectivity index (χ2n) is 3.42. The van der Waals surface area contributed by atoms with Crippen molar-refractivity contribution in [3.05, 3.63) is 42.3 Å². The van der Waals surface area contributed by atoms with Crippen LogP contribution in [0.1, 0.15) is 5.69 Å². The number of hydrogen-bond acceptors (Lipinski definition) is 4. The van der Waals surface area contributed by atoms with Crippen LogP contribution in [0, 0.1) is 0 Å². The summed E-state index contributed by atoms with van der Waals surface area (Å²) < 4.78 is 4.64. The average molecular weight is 232 g/mol. The topological polar surface area (TPSA) is 93.2 Å². The van der Waals surface area contributed by atoms with Gasteiger partial charge in [0.2, 0.25) is 0 Å². The molecule has 0 fully saturated rings. The first-order chi connectivity index (χ1) is 8.24. The van der Waals surface area contributed by atoms with E-state index < -0.39 is 0 Å². The van der Waals surface area contributed by atoms with Gasteiger partial charge in [0, 0.05) is 17.4 Å². The third kappa shape index (κ3) is 3.23. The number of anilines is 2. The van der Waals surface area contributed by atoms with E-state index in [1.807, 2.05) is 0 Å². The summed E-state index contributed by atoms with van der Waals surface area (Å²) in [6, 6.07) is 8.31. The number of nitrogens with two attached hydrogens (primary N) is 1. The maximum absolute atomic E-state index is 11.5. The van der Waals surface area contributed by atoms with Gasteiger partial charge in [-0.2, -0.15) is 0 Å². The summed E-state index contributed by atoms with van der Waals surface area (Å²) in [4.78, 5) is 11.5. The molecule has 6 heteroatoms. The van der Waals surface area contributed by atoms with Crippen LogP contribution in [0.3, 0.4) is 0 Å². The van der Waals surface area contributed by atoms with E-state index in [1.54, 1.807) is 30.3 Å². The molecule has 0 radical (unpaired) electrons. The lowest BCUT2D eigenvalue weighted by Crippen LogP contribution is -2.28. The molecule has 0 aliphatic rings. The Balaban J connectivity index is 1.85. The zero-order chi connectivity index (χ0) is 12.1. The smallest absolute Gasteiger partial charge is 0.319 e. The summed E-state index contributed by atoms with van der Waals surface area (Å²) in [6.45, 7) is 0.310. The van der Waals surface area contributed by atoms with Gasteiger partial charge < -0.3 is 20.9 Å². The van der Waals surface area contributed by atoms with Crippen LogP contribution in [0.15, 0.2) is 41.1 Å². The van der Waals surface area contributed by atoms with Gasteiger partial charge in [-0.05, 0) is 18.2 Å². The van der Waals surface area contributed by atoms with Crippen molar-refractivity contribution in [2.75, 3.05) is 11.1 Å². The second kappa shape index (κ2) is 5.02. The number of benzene rings is 1. The number of urea groups is 1. The van der Waals surface area contributed by atoms with Crippen molar-refractivity contribution in [3.8, 4) is 0 Å². The van der Waals surface area contributed by atoms with Gasteiger partial charge in [-0.1, -0.05) is 11.2 Å². The number of nitrogen functional groups attached to an aromatic ring is 1. The molecule has 4 N–H and O–H groups in total. The fourth-order valence-electron chi connectivity index (χ4n) is 1.29. The molecule has 2 aromatic rings. The molecule has 0 unspecified atom stereocenters. The van der Waals surface area contributed by atoms with Gasteiger partial charge >= 0.3 is 6.03 Å². The number of aromatic nitrogens is 1. The first-order valence-electron chi connectivity index (χ1n) is 5.04. The van der Waals surface area contributed by atoms with Crippen LogP contribution in [0.25, 0.3) is 0 Å². The van der Waals surface area contributed by atoms with Crippen LogP contribution in [-0.2, 0) is 6.54 Å². The molecule has 2 amide bonds. The summed E-state index contributed by atoms with van der Waals surface area (Å²) in [5.41, 5.74) is 7.49. The monoisotopic (exact) mass is 232 g/mol. The highest BCUT2D eigenvalue weighted by Crippen LogP contribution is 2.11. The van der Waals surface area contributed by atoms with Crippen molar-refractivity contribution >= 4 is 17.4 Å². The summed E-state index contributed by atoms with van der Waals surface area (Å²) in [6.07, 6.45) is 1.45. The van der Waals surface area contributed by atoms with E-state index in [9.17, 15) is 4.79 Å². The molecule has 0 spiro atoms. The van der Waals surface area contributed by atoms with Crippen molar-refractivity contribution in [3.63, 3.8) is 0 Å². The van der Waals surface area contributed by atoms with Gasteiger partial charge in [0.25, 0.3) is 0 Å². The van der Waals surface area contributed by atoms with E-state index in [1.165, 1.54) is 6.26 Å². The molecule has 17 heavy (non-hydrogen) atoms. The molecule has 0 saturated carbocycles. The van der Waals surface area contributed by atoms with Crippen LogP contribution in [0.4, 0.5) is 16.2 Å². The highest BCUT2D eigenvalue weighted by molar-refractivity contribution is 5.89. The average Bonchev–Trinajstić information content (AvgIpc) is 2.79. The molecule has 0 aliphatic carbocycles. The van der Waals surface area contributed by atoms with Crippen LogP contribution >= 0.6 is 0 Å². The number of carbonyl (C=O) groups excluding carboxylic acids is 1. The molecule has 1 aromatic heterocycles. The summed E-state index contributed by atoms with van der Waals surface area (Å²) in [5.74, 6) is 0. The van der Waals surface area contributed by atoms with E-state index in [0.29, 0.717) is 23.6 Å². The van der Waals surface area contributed by atoms with Crippen molar-refractivity contribution in [2.24, 2.45) is 0 Å². The Kier molecular flexibility index (Phi) is 3.25. The lowest BCUT2D eigenvalue weighted by atomic mass is 10.3. The molecule has 2 rings (SSSR count). The lowest BCUT2D eigenvalue weighted by Gasteiger charge is -2.06. The Morgan fingerprint density at radius 3 is 3.00 bits per heavy atom. The molecule has 1 aromatic carbocycles. The van der Waals surface area contributed by atoms with Gasteiger partial charge in [-0.3, -0.25) is 0 Å². The van der Waals surface area contributed by atoms with Gasteiger partial charge in [-0.25, -0.2) is 4.79 Å². The number of nitrogens with one attached hydrogen (secondary N) is 2. The van der Waals surface area contributed by atoms with Crippen LogP contribution < -0.4 is 16.4 Å². The molecule has 1 heterocycles. The Morgan fingerprint density at radius 2 is 2.29 bits per heavy atom. The van der Waals surface area contributed by atoms with Crippen molar-refractivity contribution < 1.29 is 9.32 Å². The van der Waals surface area contributed by atoms with Gasteiger partial charge in [0.1, 0.15) is 12.0 Å². The Morgan fingerprint density at radius 1 is 1.41 bits per heavy atom. The van der Waals surface area contributed by atoms with Gasteiger partial charge in [-0.15, -0.1) is 0 Å². The molecule has 6 nitrogen and oxygen atoms in total. The minimum atomic E-state index is -0.321. The SMILES string of the molecule is Nc1cccc(NC(=O)NCc2ccon2)c1. The normalized spacial score (nSPS) is 9.88. The zero-order valence-electron chi connectivity index (χ0n) is 9.01. The number of carbonyl (C=O) groups is 1. The molecule has 0 aliphatic heterocycles. The molecular formula is C11H12N4O2. The molecule has 0 saturated heterocycles. The molecule has 0 atom stereocenters. The molecular weight excluding hydrogens is 220 g/mol. The van der Waals surface area contributed by atoms with Crippen molar-refractivity contribution in [2.45, 2.75) is 6.54 Å². The largest absolute Gasteiger partial charge is 0.399 e. The Hall–Kier alpha value is -2.50. The first-order valence-corrected chi connectivity index (χ1v) is 5.04. The second-order valence-corrected chi connectivity index (χ2v) is 3.42. The number of nitrogens with zero attached hydrogens (tertiary/aromatic N) is 1. The maximum Gasteiger partial charge on any atom is 0.319 e. The van der Waals surface area contributed by atoms with Crippen LogP contribution in [0.5, 0.6) is 0 Å². The van der Waals surface area contributed by atoms with Crippen molar-refractivity contribution in [1.82, 2.24) is 10.5 Å². The molecule has 0 bridgehead atoms. The molecule has 88 valence electrons. The zero-order valence-corrected chi connectivity index (χ0v) is 9.01. The standard InChI is InChI=1S/C11H12N4O2/c12-8-2-1-3-9(6-8)14-11(16)13-7-10-4-5-17-15-10/h1-6H,7,12H2,(H2,13,14,16). The predicted octanol–water partition coefficient (Wildman–Crippen LogP) is 1.58. The maximum atomic E-state index is 11.5. The number of rotatable bonds is 3. The third-order valence-electron chi connectivity index (χ3n) is 2.07. The minimum Gasteiger partial charge on any atom is -0.399 e. The summed E-state index contributed by atoms with van der Waals surface area (Å²) in [7, 11) is 0. The van der Waals surface area contributed by atoms with E-state index >= 15 is 0 Å². The van der Waals surface area contributed by atoms with Gasteiger partial charge in [0.05, 0.1) is 6.54 Å². The van der Waals surface area contributed by atoms with E-state index in [0.717, 1.165) is 0 Å². The minimum absolute atomic E-state index is 0.310. The Labute approximate surface area is 97.8 Å². The predicted molar refractivity (Wildman–Crippen MR) is 63.2 cm³/mol. The third-order valence-corrected chi connectivity index (χ3v) is 2.07. The van der Waals surface area contributed by atoms with Crippen LogP contribution in [0.2, 0.25) is 0 Å². The fourth-order valence-corrected chi connectivity index (χ4v) is 1.29. The van der Waals surface area contributed by atoms with E-state index in [4.69, 9.17) is 5.73 Å². The quantitative estimate of drug-likeness (QED) is 0.700. The Bertz CT molecular complexity index is 496. The summed E-state index contributed by atoms with van der Waals surface area (Å²) in [5, 5.41) is 8.97. The fraction of sp³-hybridized carbons (Fsp3) is 0.0909.